The number of anilines is 1. The molecule has 0 bridgehead atoms. The zero-order valence-electron chi connectivity index (χ0n) is 18.0. The van der Waals surface area contributed by atoms with Crippen molar-refractivity contribution in [3.8, 4) is 11.5 Å². The van der Waals surface area contributed by atoms with Crippen LogP contribution in [0.25, 0.3) is 10.8 Å². The van der Waals surface area contributed by atoms with Crippen molar-refractivity contribution in [3.63, 3.8) is 0 Å². The van der Waals surface area contributed by atoms with E-state index in [1.807, 2.05) is 42.5 Å². The molecule has 0 unspecified atom stereocenters. The third-order valence-corrected chi connectivity index (χ3v) is 5.29. The number of furan rings is 1. The molecule has 0 aliphatic rings. The molecule has 34 heavy (non-hydrogen) atoms. The van der Waals surface area contributed by atoms with E-state index >= 15 is 0 Å². The van der Waals surface area contributed by atoms with Crippen LogP contribution in [0.1, 0.15) is 16.3 Å². The molecule has 7 nitrogen and oxygen atoms in total. The van der Waals surface area contributed by atoms with Crippen LogP contribution in [0.4, 0.5) is 5.69 Å². The highest BCUT2D eigenvalue weighted by Gasteiger charge is 2.13. The van der Waals surface area contributed by atoms with Gasteiger partial charge in [-0.15, -0.1) is 0 Å². The average molecular weight is 474 g/mol. The minimum absolute atomic E-state index is 0.173. The van der Waals surface area contributed by atoms with E-state index < -0.39 is 0 Å². The number of hydrogen-bond acceptors (Lipinski definition) is 5. The highest BCUT2D eigenvalue weighted by molar-refractivity contribution is 6.30. The van der Waals surface area contributed by atoms with E-state index in [1.54, 1.807) is 47.3 Å². The molecule has 3 aromatic carbocycles. The van der Waals surface area contributed by atoms with Crippen molar-refractivity contribution in [2.75, 3.05) is 5.32 Å². The Kier molecular flexibility index (Phi) is 6.18. The Labute approximate surface area is 200 Å². The van der Waals surface area contributed by atoms with Gasteiger partial charge in [0.15, 0.2) is 12.5 Å². The largest absolute Gasteiger partial charge is 0.485 e. The Morgan fingerprint density at radius 3 is 2.76 bits per heavy atom. The number of nitrogens with one attached hydrogen (secondary N) is 1. The minimum atomic E-state index is -0.383. The van der Waals surface area contributed by atoms with E-state index in [0.29, 0.717) is 22.2 Å². The number of nitrogens with zero attached hydrogens (tertiary/aromatic N) is 2. The first-order chi connectivity index (χ1) is 16.6. The van der Waals surface area contributed by atoms with E-state index in [0.717, 1.165) is 16.5 Å². The zero-order chi connectivity index (χ0) is 23.3. The summed E-state index contributed by atoms with van der Waals surface area (Å²) in [5.41, 5.74) is 0.518. The third-order valence-electron chi connectivity index (χ3n) is 5.06. The topological polar surface area (TPSA) is 78.5 Å². The van der Waals surface area contributed by atoms with E-state index in [1.165, 1.54) is 6.20 Å². The summed E-state index contributed by atoms with van der Waals surface area (Å²) < 4.78 is 18.8. The van der Waals surface area contributed by atoms with Gasteiger partial charge in [-0.2, -0.15) is 5.10 Å². The van der Waals surface area contributed by atoms with Gasteiger partial charge < -0.3 is 19.2 Å². The lowest BCUT2D eigenvalue weighted by Crippen LogP contribution is -2.10. The molecule has 0 aliphatic heterocycles. The lowest BCUT2D eigenvalue weighted by Gasteiger charge is -2.08. The summed E-state index contributed by atoms with van der Waals surface area (Å²) in [6, 6.07) is 24.3. The van der Waals surface area contributed by atoms with Gasteiger partial charge in [0.1, 0.15) is 23.9 Å². The number of benzene rings is 3. The predicted molar refractivity (Wildman–Crippen MR) is 129 cm³/mol. The van der Waals surface area contributed by atoms with Crippen molar-refractivity contribution in [2.24, 2.45) is 0 Å². The Bertz CT molecular complexity index is 1440. The molecule has 0 fully saturated rings. The Hall–Kier alpha value is -4.23. The first-order valence-electron chi connectivity index (χ1n) is 10.6. The second kappa shape index (κ2) is 9.72. The van der Waals surface area contributed by atoms with Crippen LogP contribution in [-0.4, -0.2) is 15.7 Å². The highest BCUT2D eigenvalue weighted by Crippen LogP contribution is 2.26. The maximum absolute atomic E-state index is 12.6. The van der Waals surface area contributed by atoms with E-state index in [2.05, 4.69) is 10.4 Å². The average Bonchev–Trinajstić information content (AvgIpc) is 3.51. The van der Waals surface area contributed by atoms with Crippen LogP contribution in [0.5, 0.6) is 11.5 Å². The normalized spacial score (nSPS) is 10.9. The Morgan fingerprint density at radius 2 is 1.85 bits per heavy atom. The van der Waals surface area contributed by atoms with Gasteiger partial charge in [0.25, 0.3) is 5.91 Å². The molecule has 5 aromatic rings. The molecular weight excluding hydrogens is 454 g/mol. The summed E-state index contributed by atoms with van der Waals surface area (Å²) in [6.07, 6.45) is 3.20. The van der Waals surface area contributed by atoms with Crippen molar-refractivity contribution < 1.29 is 18.7 Å². The molecule has 170 valence electrons. The number of amides is 1. The number of aromatic nitrogens is 2. The molecule has 2 aromatic heterocycles. The van der Waals surface area contributed by atoms with Gasteiger partial charge in [-0.05, 0) is 41.8 Å². The number of fused-ring (bicyclic) bond motifs is 1. The molecule has 0 atom stereocenters. The number of ether oxygens (including phenoxy) is 2. The maximum atomic E-state index is 12.6. The molecule has 0 saturated heterocycles. The smallest absolute Gasteiger partial charge is 0.291 e. The van der Waals surface area contributed by atoms with Gasteiger partial charge in [0, 0.05) is 10.4 Å². The number of hydrogen-bond donors (Lipinski definition) is 1. The third kappa shape index (κ3) is 5.05. The van der Waals surface area contributed by atoms with Crippen LogP contribution in [0.15, 0.2) is 95.7 Å². The summed E-state index contributed by atoms with van der Waals surface area (Å²) in [4.78, 5) is 12.6. The Morgan fingerprint density at radius 1 is 1.00 bits per heavy atom. The Balaban J connectivity index is 1.17. The predicted octanol–water partition coefficient (Wildman–Crippen LogP) is 6.15. The van der Waals surface area contributed by atoms with Gasteiger partial charge in [-0.3, -0.25) is 4.79 Å². The molecule has 5 rings (SSSR count). The molecule has 0 radical (unpaired) electrons. The van der Waals surface area contributed by atoms with Crippen molar-refractivity contribution in [3.05, 3.63) is 108 Å². The fourth-order valence-electron chi connectivity index (χ4n) is 3.44. The first kappa shape index (κ1) is 21.6. The summed E-state index contributed by atoms with van der Waals surface area (Å²) in [6.45, 7) is 0.382. The van der Waals surface area contributed by atoms with Gasteiger partial charge in [-0.25, -0.2) is 4.68 Å². The van der Waals surface area contributed by atoms with Crippen LogP contribution in [0, 0.1) is 0 Å². The molecule has 1 amide bonds. The van der Waals surface area contributed by atoms with E-state index in [4.69, 9.17) is 25.5 Å². The number of carbonyl (C=O) groups excluding carboxylic acids is 1. The molecular formula is C26H20ClN3O4. The number of halogens is 1. The quantitative estimate of drug-likeness (QED) is 0.292. The summed E-state index contributed by atoms with van der Waals surface area (Å²) in [5.74, 6) is 1.73. The van der Waals surface area contributed by atoms with Crippen LogP contribution >= 0.6 is 11.6 Å². The maximum Gasteiger partial charge on any atom is 0.291 e. The second-order valence-electron chi connectivity index (χ2n) is 7.49. The highest BCUT2D eigenvalue weighted by atomic mass is 35.5. The second-order valence-corrected chi connectivity index (χ2v) is 7.92. The molecule has 8 heteroatoms. The lowest BCUT2D eigenvalue weighted by atomic mass is 10.1. The lowest BCUT2D eigenvalue weighted by molar-refractivity contribution is 0.0992. The first-order valence-corrected chi connectivity index (χ1v) is 10.9. The van der Waals surface area contributed by atoms with Crippen molar-refractivity contribution in [1.29, 1.82) is 0 Å². The van der Waals surface area contributed by atoms with Gasteiger partial charge in [0.05, 0.1) is 18.1 Å². The minimum Gasteiger partial charge on any atom is -0.485 e. The van der Waals surface area contributed by atoms with Crippen molar-refractivity contribution in [2.45, 2.75) is 13.3 Å². The van der Waals surface area contributed by atoms with E-state index in [-0.39, 0.29) is 25.0 Å². The molecule has 2 heterocycles. The van der Waals surface area contributed by atoms with E-state index in [9.17, 15) is 4.79 Å². The molecule has 0 spiro atoms. The number of rotatable bonds is 8. The molecule has 1 N–H and O–H groups in total. The summed E-state index contributed by atoms with van der Waals surface area (Å²) in [5, 5.41) is 9.65. The van der Waals surface area contributed by atoms with Gasteiger partial charge >= 0.3 is 0 Å². The fraction of sp³-hybridized carbons (Fsp3) is 0.0769. The number of carbonyl (C=O) groups is 1. The van der Waals surface area contributed by atoms with Crippen LogP contribution in [-0.2, 0) is 13.3 Å². The van der Waals surface area contributed by atoms with Crippen molar-refractivity contribution >= 4 is 34.0 Å². The van der Waals surface area contributed by atoms with Crippen LogP contribution < -0.4 is 14.8 Å². The standard InChI is InChI=1S/C26H20ClN3O4/c27-19-7-4-8-21(13-19)33-17-30-15-20(14-28-30)29-26(31)25-12-11-22(34-25)16-32-24-10-3-6-18-5-1-2-9-23(18)24/h1-15H,16-17H2,(H,29,31). The van der Waals surface area contributed by atoms with Gasteiger partial charge in [-0.1, -0.05) is 54.1 Å². The fourth-order valence-corrected chi connectivity index (χ4v) is 3.62. The molecule has 0 aliphatic carbocycles. The van der Waals surface area contributed by atoms with Gasteiger partial charge in [0.2, 0.25) is 0 Å². The molecule has 0 saturated carbocycles. The summed E-state index contributed by atoms with van der Waals surface area (Å²) >= 11 is 5.96. The SMILES string of the molecule is O=C(Nc1cnn(COc2cccc(Cl)c2)c1)c1ccc(COc2cccc3ccccc23)o1. The van der Waals surface area contributed by atoms with Crippen LogP contribution in [0.2, 0.25) is 5.02 Å². The van der Waals surface area contributed by atoms with Crippen molar-refractivity contribution in [1.82, 2.24) is 9.78 Å². The zero-order valence-corrected chi connectivity index (χ0v) is 18.7. The van der Waals surface area contributed by atoms with Crippen LogP contribution in [0.3, 0.4) is 0 Å². The summed E-state index contributed by atoms with van der Waals surface area (Å²) in [7, 11) is 0. The monoisotopic (exact) mass is 473 g/mol.